The zero-order chi connectivity index (χ0) is 12.5. The normalized spacial score (nSPS) is 20.5. The fourth-order valence-corrected chi connectivity index (χ4v) is 2.38. The predicted octanol–water partition coefficient (Wildman–Crippen LogP) is 1.40. The van der Waals surface area contributed by atoms with Crippen LogP contribution in [0, 0.1) is 0 Å². The lowest BCUT2D eigenvalue weighted by Gasteiger charge is -2.34. The van der Waals surface area contributed by atoms with Crippen LogP contribution in [0.15, 0.2) is 0 Å². The Kier molecular flexibility index (Phi) is 7.21. The molecule has 0 aromatic heterocycles. The molecule has 4 nitrogen and oxygen atoms in total. The molecular formula is C13H26N2O2. The average Bonchev–Trinajstić information content (AvgIpc) is 2.36. The van der Waals surface area contributed by atoms with E-state index in [1.807, 2.05) is 6.92 Å². The number of nitrogens with one attached hydrogen (secondary N) is 1. The van der Waals surface area contributed by atoms with Gasteiger partial charge in [-0.25, -0.2) is 0 Å². The lowest BCUT2D eigenvalue weighted by molar-refractivity contribution is -0.143. The van der Waals surface area contributed by atoms with Crippen molar-refractivity contribution in [2.45, 2.75) is 45.6 Å². The van der Waals surface area contributed by atoms with E-state index in [-0.39, 0.29) is 5.97 Å². The second-order valence-electron chi connectivity index (χ2n) is 4.59. The van der Waals surface area contributed by atoms with Crippen molar-refractivity contribution >= 4 is 5.97 Å². The van der Waals surface area contributed by atoms with Crippen LogP contribution in [0.1, 0.15) is 39.5 Å². The zero-order valence-electron chi connectivity index (χ0n) is 11.2. The smallest absolute Gasteiger partial charge is 0.307 e. The molecule has 17 heavy (non-hydrogen) atoms. The van der Waals surface area contributed by atoms with Gasteiger partial charge in [0, 0.05) is 19.1 Å². The molecule has 0 saturated carbocycles. The number of hydrogen-bond donors (Lipinski definition) is 1. The summed E-state index contributed by atoms with van der Waals surface area (Å²) >= 11 is 0. The van der Waals surface area contributed by atoms with Gasteiger partial charge in [-0.3, -0.25) is 9.69 Å². The summed E-state index contributed by atoms with van der Waals surface area (Å²) in [6, 6.07) is 0.595. The van der Waals surface area contributed by atoms with Crippen molar-refractivity contribution in [2.75, 3.05) is 32.8 Å². The van der Waals surface area contributed by atoms with E-state index in [1.165, 1.54) is 12.8 Å². The molecule has 0 aromatic carbocycles. The molecule has 1 unspecified atom stereocenters. The van der Waals surface area contributed by atoms with Gasteiger partial charge in [-0.1, -0.05) is 6.92 Å². The van der Waals surface area contributed by atoms with Gasteiger partial charge in [-0.2, -0.15) is 0 Å². The highest BCUT2D eigenvalue weighted by atomic mass is 16.5. The van der Waals surface area contributed by atoms with E-state index in [2.05, 4.69) is 17.1 Å². The van der Waals surface area contributed by atoms with Crippen LogP contribution in [-0.4, -0.2) is 49.7 Å². The Labute approximate surface area is 105 Å². The number of hydrogen-bond acceptors (Lipinski definition) is 4. The van der Waals surface area contributed by atoms with Gasteiger partial charge in [-0.15, -0.1) is 0 Å². The Morgan fingerprint density at radius 3 is 2.82 bits per heavy atom. The maximum absolute atomic E-state index is 11.4. The van der Waals surface area contributed by atoms with Crippen molar-refractivity contribution in [3.05, 3.63) is 0 Å². The van der Waals surface area contributed by atoms with Crippen molar-refractivity contribution < 1.29 is 9.53 Å². The molecule has 1 atom stereocenters. The Bertz CT molecular complexity index is 215. The molecule has 0 aliphatic carbocycles. The monoisotopic (exact) mass is 242 g/mol. The van der Waals surface area contributed by atoms with Crippen molar-refractivity contribution in [1.29, 1.82) is 0 Å². The fourth-order valence-electron chi connectivity index (χ4n) is 2.38. The van der Waals surface area contributed by atoms with Crippen LogP contribution in [-0.2, 0) is 9.53 Å². The Hall–Kier alpha value is -0.610. The Morgan fingerprint density at radius 1 is 1.41 bits per heavy atom. The van der Waals surface area contributed by atoms with Crippen molar-refractivity contribution in [2.24, 2.45) is 0 Å². The molecule has 0 bridgehead atoms. The molecule has 4 heteroatoms. The first-order valence-electron chi connectivity index (χ1n) is 6.88. The van der Waals surface area contributed by atoms with Crippen LogP contribution in [0.2, 0.25) is 0 Å². The van der Waals surface area contributed by atoms with Crippen LogP contribution < -0.4 is 5.32 Å². The first kappa shape index (κ1) is 14.5. The molecule has 1 aliphatic rings. The van der Waals surface area contributed by atoms with Gasteiger partial charge < -0.3 is 10.1 Å². The van der Waals surface area contributed by atoms with Gasteiger partial charge in [0.1, 0.15) is 0 Å². The highest BCUT2D eigenvalue weighted by Crippen LogP contribution is 2.11. The predicted molar refractivity (Wildman–Crippen MR) is 69.0 cm³/mol. The summed E-state index contributed by atoms with van der Waals surface area (Å²) in [4.78, 5) is 13.8. The van der Waals surface area contributed by atoms with Crippen molar-refractivity contribution in [3.8, 4) is 0 Å². The van der Waals surface area contributed by atoms with Gasteiger partial charge in [0.2, 0.25) is 0 Å². The molecule has 1 aliphatic heterocycles. The topological polar surface area (TPSA) is 41.6 Å². The number of rotatable bonds is 7. The van der Waals surface area contributed by atoms with Gasteiger partial charge in [-0.05, 0) is 39.3 Å². The number of esters is 1. The van der Waals surface area contributed by atoms with Crippen LogP contribution in [0.4, 0.5) is 0 Å². The second-order valence-corrected chi connectivity index (χ2v) is 4.59. The largest absolute Gasteiger partial charge is 0.466 e. The molecule has 1 N–H and O–H groups in total. The van der Waals surface area contributed by atoms with E-state index < -0.39 is 0 Å². The second kappa shape index (κ2) is 8.48. The number of carbonyl (C=O) groups excluding carboxylic acids is 1. The maximum Gasteiger partial charge on any atom is 0.307 e. The summed E-state index contributed by atoms with van der Waals surface area (Å²) in [5, 5.41) is 3.43. The van der Waals surface area contributed by atoms with Gasteiger partial charge >= 0.3 is 5.97 Å². The maximum atomic E-state index is 11.4. The van der Waals surface area contributed by atoms with Crippen molar-refractivity contribution in [1.82, 2.24) is 10.2 Å². The summed E-state index contributed by atoms with van der Waals surface area (Å²) in [7, 11) is 0. The third kappa shape index (κ3) is 5.50. The van der Waals surface area contributed by atoms with Crippen LogP contribution in [0.25, 0.3) is 0 Å². The van der Waals surface area contributed by atoms with Crippen LogP contribution in [0.3, 0.4) is 0 Å². The first-order chi connectivity index (χ1) is 8.27. The SMILES string of the molecule is CCCN(CCC(=O)OCC)C1CCCNC1. The van der Waals surface area contributed by atoms with Gasteiger partial charge in [0.15, 0.2) is 0 Å². The minimum atomic E-state index is -0.0719. The molecule has 0 radical (unpaired) electrons. The highest BCUT2D eigenvalue weighted by molar-refractivity contribution is 5.69. The van der Waals surface area contributed by atoms with Crippen LogP contribution >= 0.6 is 0 Å². The molecule has 1 heterocycles. The van der Waals surface area contributed by atoms with Crippen molar-refractivity contribution in [3.63, 3.8) is 0 Å². The molecular weight excluding hydrogens is 216 g/mol. The standard InChI is InChI=1S/C13H26N2O2/c1-3-9-15(10-7-13(16)17-4-2)12-6-5-8-14-11-12/h12,14H,3-11H2,1-2H3. The zero-order valence-corrected chi connectivity index (χ0v) is 11.2. The van der Waals surface area contributed by atoms with Gasteiger partial charge in [0.25, 0.3) is 0 Å². The van der Waals surface area contributed by atoms with E-state index in [9.17, 15) is 4.79 Å². The summed E-state index contributed by atoms with van der Waals surface area (Å²) in [6.07, 6.45) is 4.14. The minimum Gasteiger partial charge on any atom is -0.466 e. The Balaban J connectivity index is 2.33. The molecule has 1 saturated heterocycles. The first-order valence-corrected chi connectivity index (χ1v) is 6.88. The van der Waals surface area contributed by atoms with Gasteiger partial charge in [0.05, 0.1) is 13.0 Å². The summed E-state index contributed by atoms with van der Waals surface area (Å²) in [5.41, 5.74) is 0. The number of piperidine rings is 1. The summed E-state index contributed by atoms with van der Waals surface area (Å²) in [5.74, 6) is -0.0719. The fraction of sp³-hybridized carbons (Fsp3) is 0.923. The number of carbonyl (C=O) groups is 1. The van der Waals surface area contributed by atoms with E-state index in [1.54, 1.807) is 0 Å². The Morgan fingerprint density at radius 2 is 2.24 bits per heavy atom. The molecule has 1 fully saturated rings. The molecule has 100 valence electrons. The lowest BCUT2D eigenvalue weighted by atomic mass is 10.1. The van der Waals surface area contributed by atoms with Crippen LogP contribution in [0.5, 0.6) is 0 Å². The molecule has 0 spiro atoms. The molecule has 0 amide bonds. The number of ether oxygens (including phenoxy) is 1. The van der Waals surface area contributed by atoms with E-state index in [0.717, 1.165) is 32.6 Å². The van der Waals surface area contributed by atoms with E-state index >= 15 is 0 Å². The highest BCUT2D eigenvalue weighted by Gasteiger charge is 2.20. The lowest BCUT2D eigenvalue weighted by Crippen LogP contribution is -2.47. The van der Waals surface area contributed by atoms with E-state index in [0.29, 0.717) is 19.1 Å². The van der Waals surface area contributed by atoms with E-state index in [4.69, 9.17) is 4.74 Å². The number of nitrogens with zero attached hydrogens (tertiary/aromatic N) is 1. The molecule has 0 aromatic rings. The molecule has 1 rings (SSSR count). The third-order valence-electron chi connectivity index (χ3n) is 3.21. The third-order valence-corrected chi connectivity index (χ3v) is 3.21. The quantitative estimate of drug-likeness (QED) is 0.685. The average molecular weight is 242 g/mol. The summed E-state index contributed by atoms with van der Waals surface area (Å²) in [6.45, 7) is 8.62. The summed E-state index contributed by atoms with van der Waals surface area (Å²) < 4.78 is 4.98. The minimum absolute atomic E-state index is 0.0719.